The molecule has 0 bridgehead atoms. The molecule has 2 heterocycles. The number of methoxy groups -OCH3 is 1. The van der Waals surface area contributed by atoms with E-state index in [4.69, 9.17) is 14.0 Å². The van der Waals surface area contributed by atoms with Crippen LogP contribution in [0.4, 0.5) is 13.2 Å². The molecule has 34 heavy (non-hydrogen) atoms. The predicted molar refractivity (Wildman–Crippen MR) is 111 cm³/mol. The number of carbonyl (C=O) groups is 1. The van der Waals surface area contributed by atoms with Gasteiger partial charge in [-0.25, -0.2) is 8.42 Å². The molecule has 2 aromatic rings. The van der Waals surface area contributed by atoms with Gasteiger partial charge >= 0.3 is 6.18 Å². The van der Waals surface area contributed by atoms with Crippen molar-refractivity contribution in [1.29, 1.82) is 0 Å². The normalized spacial score (nSPS) is 20.9. The lowest BCUT2D eigenvalue weighted by Crippen LogP contribution is -2.33. The molecule has 2 fully saturated rings. The Morgan fingerprint density at radius 1 is 1.32 bits per heavy atom. The second-order valence-corrected chi connectivity index (χ2v) is 10.6. The van der Waals surface area contributed by atoms with Crippen molar-refractivity contribution in [3.8, 4) is 5.75 Å². The first-order valence-electron chi connectivity index (χ1n) is 10.6. The van der Waals surface area contributed by atoms with Gasteiger partial charge in [0.15, 0.2) is 21.8 Å². The average Bonchev–Trinajstić information content (AvgIpc) is 3.17. The number of halogens is 3. The number of likely N-dealkylation sites (tertiary alicyclic amines) is 1. The number of nitrogens with zero attached hydrogens (tertiary/aromatic N) is 3. The van der Waals surface area contributed by atoms with Crippen molar-refractivity contribution < 1.29 is 40.4 Å². The highest BCUT2D eigenvalue weighted by molar-refractivity contribution is 7.90. The Morgan fingerprint density at radius 3 is 2.62 bits per heavy atom. The molecule has 1 aliphatic carbocycles. The topological polar surface area (TPSA) is 112 Å². The van der Waals surface area contributed by atoms with Crippen LogP contribution in [-0.4, -0.2) is 68.1 Å². The molecule has 0 spiro atoms. The molecule has 13 heteroatoms. The highest BCUT2D eigenvalue weighted by atomic mass is 32.2. The number of hydrogen-bond acceptors (Lipinski definition) is 8. The van der Waals surface area contributed by atoms with Crippen molar-refractivity contribution in [2.45, 2.75) is 54.9 Å². The summed E-state index contributed by atoms with van der Waals surface area (Å²) in [6, 6.07) is 3.23. The highest BCUT2D eigenvalue weighted by Gasteiger charge is 2.50. The minimum Gasteiger partial charge on any atom is -0.480 e. The maximum atomic E-state index is 13.3. The number of carbonyl (C=O) groups excluding carboxylic acids is 1. The van der Waals surface area contributed by atoms with Crippen LogP contribution in [0.25, 0.3) is 0 Å². The van der Waals surface area contributed by atoms with Crippen molar-refractivity contribution in [3.05, 3.63) is 35.5 Å². The number of hydrogen-bond donors (Lipinski definition) is 0. The van der Waals surface area contributed by atoms with E-state index < -0.39 is 33.6 Å². The zero-order chi connectivity index (χ0) is 24.9. The highest BCUT2D eigenvalue weighted by Crippen LogP contribution is 2.48. The molecule has 1 aliphatic heterocycles. The lowest BCUT2D eigenvalue weighted by molar-refractivity contribution is -0.189. The Morgan fingerprint density at radius 2 is 2.03 bits per heavy atom. The van der Waals surface area contributed by atoms with Gasteiger partial charge in [-0.2, -0.15) is 18.2 Å². The zero-order valence-electron chi connectivity index (χ0n) is 18.8. The lowest BCUT2D eigenvalue weighted by atomic mass is 10.1. The van der Waals surface area contributed by atoms with E-state index in [1.165, 1.54) is 4.90 Å². The summed E-state index contributed by atoms with van der Waals surface area (Å²) in [6.07, 6.45) is -3.85. The third-order valence-electron chi connectivity index (χ3n) is 6.14. The summed E-state index contributed by atoms with van der Waals surface area (Å²) in [5, 5.41) is 4.02. The molecule has 0 N–H and O–H groups in total. The fourth-order valence-electron chi connectivity index (χ4n) is 3.80. The summed E-state index contributed by atoms with van der Waals surface area (Å²) in [6.45, 7) is 1.28. The van der Waals surface area contributed by atoms with Gasteiger partial charge in [0.1, 0.15) is 11.4 Å². The van der Waals surface area contributed by atoms with E-state index in [1.54, 1.807) is 7.11 Å². The molecule has 2 atom stereocenters. The molecule has 4 rings (SSSR count). The van der Waals surface area contributed by atoms with E-state index in [2.05, 4.69) is 10.1 Å². The standard InChI is InChI=1S/C21H24F3N3O6S/c1-12(21(22,23)24)32-16-5-4-14(34(3,29)30)10-15(16)18(28)27-9-6-13(11-27)17-25-19(33-26-17)20(31-2)7-8-20/h4-5,10,12-13H,6-9,11H2,1-3H3. The molecule has 1 aromatic carbocycles. The molecule has 2 aliphatic rings. The Balaban J connectivity index is 1.57. The summed E-state index contributed by atoms with van der Waals surface area (Å²) < 4.78 is 78.9. The first kappa shape index (κ1) is 24.5. The number of rotatable bonds is 7. The third kappa shape index (κ3) is 4.76. The van der Waals surface area contributed by atoms with E-state index in [-0.39, 0.29) is 35.2 Å². The SMILES string of the molecule is COC1(c2nc(C3CCN(C(=O)c4cc(S(C)(=O)=O)ccc4OC(C)C(F)(F)F)C3)no2)CC1. The van der Waals surface area contributed by atoms with Gasteiger partial charge in [0, 0.05) is 32.4 Å². The van der Waals surface area contributed by atoms with Gasteiger partial charge in [-0.1, -0.05) is 5.16 Å². The number of ether oxygens (including phenoxy) is 2. The largest absolute Gasteiger partial charge is 0.480 e. The van der Waals surface area contributed by atoms with E-state index in [9.17, 15) is 26.4 Å². The molecule has 1 aromatic heterocycles. The Labute approximate surface area is 194 Å². The molecule has 2 unspecified atom stereocenters. The van der Waals surface area contributed by atoms with Crippen LogP contribution >= 0.6 is 0 Å². The van der Waals surface area contributed by atoms with E-state index in [0.717, 1.165) is 44.2 Å². The van der Waals surface area contributed by atoms with Crippen molar-refractivity contribution in [2.75, 3.05) is 26.5 Å². The van der Waals surface area contributed by atoms with Crippen molar-refractivity contribution in [1.82, 2.24) is 15.0 Å². The molecule has 186 valence electrons. The van der Waals surface area contributed by atoms with Crippen LogP contribution in [0.2, 0.25) is 0 Å². The minimum absolute atomic E-state index is 0.190. The van der Waals surface area contributed by atoms with Gasteiger partial charge in [-0.05, 0) is 44.4 Å². The van der Waals surface area contributed by atoms with E-state index >= 15 is 0 Å². The smallest absolute Gasteiger partial charge is 0.425 e. The van der Waals surface area contributed by atoms with E-state index in [0.29, 0.717) is 18.1 Å². The summed E-state index contributed by atoms with van der Waals surface area (Å²) in [4.78, 5) is 18.9. The number of alkyl halides is 3. The molecule has 1 saturated carbocycles. The summed E-state index contributed by atoms with van der Waals surface area (Å²) in [5.74, 6) is -0.432. The second kappa shape index (κ2) is 8.52. The molecule has 0 radical (unpaired) electrons. The molecular formula is C21H24F3N3O6S. The van der Waals surface area contributed by atoms with Crippen LogP contribution in [0.5, 0.6) is 5.75 Å². The van der Waals surface area contributed by atoms with Crippen molar-refractivity contribution in [2.24, 2.45) is 0 Å². The van der Waals surface area contributed by atoms with Crippen LogP contribution in [0.1, 0.15) is 54.2 Å². The Bertz CT molecular complexity index is 1190. The minimum atomic E-state index is -4.66. The zero-order valence-corrected chi connectivity index (χ0v) is 19.6. The third-order valence-corrected chi connectivity index (χ3v) is 7.25. The molecular weight excluding hydrogens is 479 g/mol. The van der Waals surface area contributed by atoms with Gasteiger partial charge in [0.2, 0.25) is 0 Å². The number of benzene rings is 1. The second-order valence-electron chi connectivity index (χ2n) is 8.62. The lowest BCUT2D eigenvalue weighted by Gasteiger charge is -2.22. The average molecular weight is 503 g/mol. The Hall–Kier alpha value is -2.67. The monoisotopic (exact) mass is 503 g/mol. The van der Waals surface area contributed by atoms with Crippen molar-refractivity contribution in [3.63, 3.8) is 0 Å². The maximum Gasteiger partial charge on any atom is 0.425 e. The maximum absolute atomic E-state index is 13.3. The number of amides is 1. The van der Waals surface area contributed by atoms with Gasteiger partial charge in [-0.3, -0.25) is 4.79 Å². The first-order valence-corrected chi connectivity index (χ1v) is 12.5. The fourth-order valence-corrected chi connectivity index (χ4v) is 4.44. The summed E-state index contributed by atoms with van der Waals surface area (Å²) in [5.41, 5.74) is -0.808. The van der Waals surface area contributed by atoms with Gasteiger partial charge in [0.05, 0.1) is 10.5 Å². The van der Waals surface area contributed by atoms with Crippen LogP contribution in [0, 0.1) is 0 Å². The summed E-state index contributed by atoms with van der Waals surface area (Å²) in [7, 11) is -2.14. The molecule has 9 nitrogen and oxygen atoms in total. The van der Waals surface area contributed by atoms with Gasteiger partial charge in [-0.15, -0.1) is 0 Å². The summed E-state index contributed by atoms with van der Waals surface area (Å²) >= 11 is 0. The number of sulfone groups is 1. The predicted octanol–water partition coefficient (Wildman–Crippen LogP) is 3.07. The fraction of sp³-hybridized carbons (Fsp3) is 0.571. The van der Waals surface area contributed by atoms with Gasteiger partial charge in [0.25, 0.3) is 11.8 Å². The molecule has 1 saturated heterocycles. The van der Waals surface area contributed by atoms with Crippen LogP contribution in [0.15, 0.2) is 27.6 Å². The van der Waals surface area contributed by atoms with Gasteiger partial charge < -0.3 is 18.9 Å². The quantitative estimate of drug-likeness (QED) is 0.567. The molecule has 1 amide bonds. The van der Waals surface area contributed by atoms with E-state index in [1.807, 2.05) is 0 Å². The van der Waals surface area contributed by atoms with Crippen molar-refractivity contribution >= 4 is 15.7 Å². The number of aromatic nitrogens is 2. The van der Waals surface area contributed by atoms with Crippen LogP contribution in [-0.2, 0) is 20.2 Å². The van der Waals surface area contributed by atoms with Crippen LogP contribution in [0.3, 0.4) is 0 Å². The Kier molecular flexibility index (Phi) is 6.13. The van der Waals surface area contributed by atoms with Crippen LogP contribution < -0.4 is 4.74 Å². The first-order chi connectivity index (χ1) is 15.8.